The van der Waals surface area contributed by atoms with Crippen LogP contribution in [0.1, 0.15) is 123 Å². The fraction of sp³-hybridized carbons (Fsp3) is 0.309. The first-order valence-electron chi connectivity index (χ1n) is 21.1. The molecule has 0 aromatic heterocycles. The summed E-state index contributed by atoms with van der Waals surface area (Å²) in [6.07, 6.45) is 15.2. The standard InChI is InChI=1S/C55H57.2ClH.Zr/c1-9-11-21-39(22-12-10-2)50-51-45-35-48(54(3,4)5)46(43-31-19-27-36-23-15-17-29-41(36)43)33-40(45)34-47(51)49(38-25-13-14-26-38)52(53(50)55(6,7)8)44-32-20-28-37-24-16-18-30-42(37)44;;;/h13-20,23-25,27-33,35H,9-12,21-22,26H2,1-8H3;2*1H;/q;;;+2/p-2. The Hall–Kier alpha value is -3.48. The predicted molar refractivity (Wildman–Crippen MR) is 240 cm³/mol. The Labute approximate surface area is 374 Å². The van der Waals surface area contributed by atoms with Gasteiger partial charge in [0.15, 0.2) is 0 Å². The second kappa shape index (κ2) is 17.6. The summed E-state index contributed by atoms with van der Waals surface area (Å²) in [7, 11) is 0. The number of hydrogen-bond donors (Lipinski definition) is 0. The number of halogens is 2. The van der Waals surface area contributed by atoms with Crippen molar-refractivity contribution in [3.8, 4) is 22.3 Å². The number of allylic oxidation sites excluding steroid dienone is 4. The van der Waals surface area contributed by atoms with Gasteiger partial charge in [0, 0.05) is 0 Å². The maximum Gasteiger partial charge on any atom is -1.00 e. The minimum absolute atomic E-state index is 0. The van der Waals surface area contributed by atoms with Crippen molar-refractivity contribution in [1.82, 2.24) is 0 Å². The van der Waals surface area contributed by atoms with Crippen LogP contribution in [0, 0.1) is 10.4 Å². The summed E-state index contributed by atoms with van der Waals surface area (Å²) in [5.74, 6) is 0. The number of unbranched alkanes of at least 4 members (excludes halogenated alkanes) is 2. The van der Waals surface area contributed by atoms with Crippen LogP contribution in [0.3, 0.4) is 0 Å². The smallest absolute Gasteiger partial charge is 1.00 e. The molecule has 0 radical (unpaired) electrons. The molecule has 6 aromatic carbocycles. The predicted octanol–water partition coefficient (Wildman–Crippen LogP) is 8.11. The van der Waals surface area contributed by atoms with Crippen LogP contribution < -0.4 is 35.3 Å². The monoisotopic (exact) mass is 877 g/mol. The third kappa shape index (κ3) is 7.82. The van der Waals surface area contributed by atoms with Crippen LogP contribution in [0.5, 0.6) is 0 Å². The second-order valence-corrected chi connectivity index (χ2v) is 19.5. The molecule has 0 aliphatic heterocycles. The summed E-state index contributed by atoms with van der Waals surface area (Å²) < 4.78 is 1.50. The van der Waals surface area contributed by atoms with Crippen molar-refractivity contribution in [3.63, 3.8) is 0 Å². The molecule has 0 unspecified atom stereocenters. The zero-order chi connectivity index (χ0) is 39.4. The average molecular weight is 880 g/mol. The largest absolute Gasteiger partial charge is 1.00 e. The van der Waals surface area contributed by atoms with Crippen LogP contribution in [0.25, 0.3) is 58.2 Å². The molecule has 0 saturated carbocycles. The zero-order valence-electron chi connectivity index (χ0n) is 35.7. The molecule has 6 aromatic rings. The quantitative estimate of drug-likeness (QED) is 0.138. The van der Waals surface area contributed by atoms with Crippen molar-refractivity contribution in [2.75, 3.05) is 0 Å². The molecule has 0 heterocycles. The van der Waals surface area contributed by atoms with Crippen LogP contribution in [0.4, 0.5) is 0 Å². The second-order valence-electron chi connectivity index (χ2n) is 18.3. The minimum Gasteiger partial charge on any atom is -1.00 e. The average Bonchev–Trinajstić information content (AvgIpc) is 3.82. The van der Waals surface area contributed by atoms with E-state index in [0.29, 0.717) is 0 Å². The summed E-state index contributed by atoms with van der Waals surface area (Å²) in [5.41, 5.74) is 14.4. The van der Waals surface area contributed by atoms with E-state index >= 15 is 0 Å². The molecule has 0 saturated heterocycles. The molecule has 0 N–H and O–H groups in total. The molecule has 2 aliphatic carbocycles. The molecule has 0 fully saturated rings. The van der Waals surface area contributed by atoms with Gasteiger partial charge in [0.1, 0.15) is 0 Å². The van der Waals surface area contributed by atoms with Crippen LogP contribution >= 0.6 is 0 Å². The summed E-state index contributed by atoms with van der Waals surface area (Å²) in [5, 5.41) is 11.2. The minimum atomic E-state index is -0.110. The SMILES string of the molecule is CCCCC(CCCC)=c1c(C(C)(C)C)c(-c2cccc3ccccc23)c(C2=CC=CC2)c2c1=c1cc(C(C)(C)C)c(-c3cccc4ccccc34)cc1=[C]2[Zr+2].[Cl-].[Cl-]. The van der Waals surface area contributed by atoms with Gasteiger partial charge in [0.05, 0.1) is 0 Å². The summed E-state index contributed by atoms with van der Waals surface area (Å²) in [4.78, 5) is 0. The van der Waals surface area contributed by atoms with Gasteiger partial charge in [0.2, 0.25) is 0 Å². The molecule has 0 nitrogen and oxygen atoms in total. The van der Waals surface area contributed by atoms with Crippen LogP contribution in [0.2, 0.25) is 0 Å². The Bertz CT molecular complexity index is 2800. The van der Waals surface area contributed by atoms with Crippen LogP contribution in [-0.2, 0) is 35.5 Å². The van der Waals surface area contributed by atoms with Gasteiger partial charge >= 0.3 is 353 Å². The zero-order valence-corrected chi connectivity index (χ0v) is 39.6. The van der Waals surface area contributed by atoms with Gasteiger partial charge in [-0.05, 0) is 0 Å². The Morgan fingerprint density at radius 3 is 1.72 bits per heavy atom. The molecule has 8 rings (SSSR count). The number of rotatable bonds is 9. The summed E-state index contributed by atoms with van der Waals surface area (Å²) in [6.45, 7) is 19.4. The van der Waals surface area contributed by atoms with E-state index in [9.17, 15) is 0 Å². The van der Waals surface area contributed by atoms with Crippen molar-refractivity contribution in [3.05, 3.63) is 158 Å². The molecule has 0 spiro atoms. The topological polar surface area (TPSA) is 0 Å². The Morgan fingerprint density at radius 2 is 1.17 bits per heavy atom. The Kier molecular flexibility index (Phi) is 13.4. The van der Waals surface area contributed by atoms with Gasteiger partial charge in [-0.1, -0.05) is 0 Å². The van der Waals surface area contributed by atoms with Crippen molar-refractivity contribution < 1.29 is 49.5 Å². The van der Waals surface area contributed by atoms with Crippen molar-refractivity contribution >= 4 is 36.0 Å². The molecule has 58 heavy (non-hydrogen) atoms. The van der Waals surface area contributed by atoms with Gasteiger partial charge in [-0.15, -0.1) is 0 Å². The molecule has 3 heteroatoms. The summed E-state index contributed by atoms with van der Waals surface area (Å²) in [6, 6.07) is 37.1. The van der Waals surface area contributed by atoms with E-state index in [1.165, 1.54) is 141 Å². The first kappa shape index (κ1) is 44.1. The van der Waals surface area contributed by atoms with Crippen molar-refractivity contribution in [1.29, 1.82) is 0 Å². The molecule has 0 bridgehead atoms. The molecular weight excluding hydrogens is 823 g/mol. The Balaban J connectivity index is 0.00000283. The first-order valence-corrected chi connectivity index (χ1v) is 22.4. The van der Waals surface area contributed by atoms with E-state index in [2.05, 4.69) is 171 Å². The third-order valence-corrected chi connectivity index (χ3v) is 13.5. The van der Waals surface area contributed by atoms with Crippen LogP contribution in [-0.4, -0.2) is 0 Å². The number of benzene rings is 6. The summed E-state index contributed by atoms with van der Waals surface area (Å²) >= 11 is 1.47. The number of hydrogen-bond acceptors (Lipinski definition) is 0. The van der Waals surface area contributed by atoms with Gasteiger partial charge in [-0.2, -0.15) is 0 Å². The van der Waals surface area contributed by atoms with E-state index in [1.54, 1.807) is 10.8 Å². The molecular formula is C55H57Cl2Zr. The number of fused-ring (bicyclic) bond motifs is 4. The maximum atomic E-state index is 2.65. The van der Waals surface area contributed by atoms with Gasteiger partial charge in [-0.3, -0.25) is 0 Å². The van der Waals surface area contributed by atoms with Gasteiger partial charge in [0.25, 0.3) is 0 Å². The third-order valence-electron chi connectivity index (χ3n) is 12.3. The van der Waals surface area contributed by atoms with E-state index < -0.39 is 0 Å². The molecule has 0 atom stereocenters. The first-order chi connectivity index (χ1) is 26.9. The van der Waals surface area contributed by atoms with E-state index in [-0.39, 0.29) is 35.6 Å². The van der Waals surface area contributed by atoms with Crippen LogP contribution in [0.15, 0.2) is 115 Å². The molecule has 2 aliphatic rings. The van der Waals surface area contributed by atoms with Gasteiger partial charge < -0.3 is 24.8 Å². The van der Waals surface area contributed by atoms with E-state index in [4.69, 9.17) is 0 Å². The van der Waals surface area contributed by atoms with Gasteiger partial charge in [-0.25, -0.2) is 0 Å². The van der Waals surface area contributed by atoms with Crippen molar-refractivity contribution in [2.24, 2.45) is 0 Å². The van der Waals surface area contributed by atoms with E-state index in [0.717, 1.165) is 19.3 Å². The fourth-order valence-electron chi connectivity index (χ4n) is 9.65. The Morgan fingerprint density at radius 1 is 0.603 bits per heavy atom. The fourth-order valence-corrected chi connectivity index (χ4v) is 10.8. The molecule has 0 amide bonds. The normalized spacial score (nSPS) is 13.3. The molecule has 295 valence electrons. The van der Waals surface area contributed by atoms with Crippen molar-refractivity contribution in [2.45, 2.75) is 111 Å². The maximum absolute atomic E-state index is 2.65. The van der Waals surface area contributed by atoms with E-state index in [1.807, 2.05) is 0 Å².